The van der Waals surface area contributed by atoms with Crippen molar-refractivity contribution in [2.75, 3.05) is 19.7 Å². The maximum Gasteiger partial charge on any atom is 0.242 e. The summed E-state index contributed by atoms with van der Waals surface area (Å²) in [5.74, 6) is 0.544. The average molecular weight is 270 g/mol. The van der Waals surface area contributed by atoms with Gasteiger partial charge in [-0.25, -0.2) is 0 Å². The molecular weight excluding hydrogens is 244 g/mol. The summed E-state index contributed by atoms with van der Waals surface area (Å²) in [4.78, 5) is 14.5. The molecule has 2 aliphatic rings. The number of hydrogen-bond donors (Lipinski definition) is 2. The fourth-order valence-electron chi connectivity index (χ4n) is 3.41. The molecule has 3 N–H and O–H groups in total. The molecule has 1 aliphatic carbocycles. The molecule has 19 heavy (non-hydrogen) atoms. The lowest BCUT2D eigenvalue weighted by Crippen LogP contribution is -2.61. The molecule has 1 heterocycles. The van der Waals surface area contributed by atoms with Crippen LogP contribution in [0.4, 0.5) is 0 Å². The normalized spacial score (nSPS) is 40.2. The van der Waals surface area contributed by atoms with Crippen molar-refractivity contribution in [1.82, 2.24) is 4.90 Å². The Bertz CT molecular complexity index is 337. The lowest BCUT2D eigenvalue weighted by Gasteiger charge is -2.43. The summed E-state index contributed by atoms with van der Waals surface area (Å²) in [7, 11) is 0. The number of carbonyl (C=O) groups excluding carboxylic acids is 1. The number of morpholine rings is 1. The third-order valence-electron chi connectivity index (χ3n) is 4.28. The van der Waals surface area contributed by atoms with E-state index in [-0.39, 0.29) is 24.7 Å². The highest BCUT2D eigenvalue weighted by atomic mass is 16.5. The molecule has 1 saturated heterocycles. The molecule has 1 aliphatic heterocycles. The maximum absolute atomic E-state index is 12.7. The smallest absolute Gasteiger partial charge is 0.242 e. The van der Waals surface area contributed by atoms with E-state index in [2.05, 4.69) is 6.92 Å². The quantitative estimate of drug-likeness (QED) is 0.766. The van der Waals surface area contributed by atoms with E-state index in [0.29, 0.717) is 19.0 Å². The van der Waals surface area contributed by atoms with Gasteiger partial charge in [0, 0.05) is 13.1 Å². The number of hydrogen-bond acceptors (Lipinski definition) is 4. The minimum atomic E-state index is -0.714. The van der Waals surface area contributed by atoms with E-state index < -0.39 is 5.54 Å². The summed E-state index contributed by atoms with van der Waals surface area (Å²) in [5, 5.41) is 9.23. The van der Waals surface area contributed by atoms with Crippen molar-refractivity contribution < 1.29 is 14.6 Å². The molecule has 0 aromatic heterocycles. The average Bonchev–Trinajstić information content (AvgIpc) is 2.36. The fourth-order valence-corrected chi connectivity index (χ4v) is 3.41. The predicted molar refractivity (Wildman–Crippen MR) is 72.6 cm³/mol. The van der Waals surface area contributed by atoms with Crippen LogP contribution < -0.4 is 5.73 Å². The van der Waals surface area contributed by atoms with E-state index in [1.54, 1.807) is 4.90 Å². The summed E-state index contributed by atoms with van der Waals surface area (Å²) in [5.41, 5.74) is 5.65. The van der Waals surface area contributed by atoms with Crippen molar-refractivity contribution in [3.05, 3.63) is 0 Å². The lowest BCUT2D eigenvalue weighted by atomic mass is 9.76. The topological polar surface area (TPSA) is 75.8 Å². The highest BCUT2D eigenvalue weighted by molar-refractivity contribution is 5.86. The molecule has 5 heteroatoms. The van der Waals surface area contributed by atoms with Crippen molar-refractivity contribution in [2.45, 2.75) is 57.3 Å². The molecular formula is C14H26N2O3. The third kappa shape index (κ3) is 3.27. The number of carbonyl (C=O) groups is 1. The molecule has 0 aromatic rings. The van der Waals surface area contributed by atoms with Gasteiger partial charge in [0.15, 0.2) is 0 Å². The van der Waals surface area contributed by atoms with Gasteiger partial charge in [0.1, 0.15) is 0 Å². The molecule has 0 radical (unpaired) electrons. The molecule has 2 rings (SSSR count). The van der Waals surface area contributed by atoms with Crippen LogP contribution in [0.5, 0.6) is 0 Å². The Morgan fingerprint density at radius 1 is 1.47 bits per heavy atom. The number of ether oxygens (including phenoxy) is 1. The van der Waals surface area contributed by atoms with Gasteiger partial charge >= 0.3 is 0 Å². The zero-order valence-corrected chi connectivity index (χ0v) is 12.0. The van der Waals surface area contributed by atoms with E-state index in [1.807, 2.05) is 6.92 Å². The molecule has 4 atom stereocenters. The van der Waals surface area contributed by atoms with E-state index in [4.69, 9.17) is 10.5 Å². The largest absolute Gasteiger partial charge is 0.394 e. The van der Waals surface area contributed by atoms with Gasteiger partial charge in [0.2, 0.25) is 5.91 Å². The zero-order chi connectivity index (χ0) is 14.0. The van der Waals surface area contributed by atoms with Gasteiger partial charge in [0.25, 0.3) is 0 Å². The first-order valence-corrected chi connectivity index (χ1v) is 7.29. The van der Waals surface area contributed by atoms with Gasteiger partial charge < -0.3 is 20.5 Å². The summed E-state index contributed by atoms with van der Waals surface area (Å²) in [6, 6.07) is 0. The van der Waals surface area contributed by atoms with Crippen molar-refractivity contribution in [1.29, 1.82) is 0 Å². The highest BCUT2D eigenvalue weighted by Crippen LogP contribution is 2.32. The predicted octanol–water partition coefficient (Wildman–Crippen LogP) is 0.502. The molecule has 4 unspecified atom stereocenters. The van der Waals surface area contributed by atoms with Crippen LogP contribution in [0.25, 0.3) is 0 Å². The van der Waals surface area contributed by atoms with Gasteiger partial charge in [0.05, 0.1) is 24.4 Å². The second-order valence-electron chi connectivity index (χ2n) is 6.32. The standard InChI is InChI=1S/C14H26N2O3/c1-10-4-3-5-14(15,6-10)13(18)16-7-11(2)19-12(8-16)9-17/h10-12,17H,3-9,15H2,1-2H3. The van der Waals surface area contributed by atoms with Gasteiger partial charge in [-0.3, -0.25) is 4.79 Å². The first-order chi connectivity index (χ1) is 8.94. The van der Waals surface area contributed by atoms with E-state index >= 15 is 0 Å². The Morgan fingerprint density at radius 2 is 2.21 bits per heavy atom. The Labute approximate surface area is 115 Å². The Balaban J connectivity index is 2.05. The SMILES string of the molecule is CC1CCCC(N)(C(=O)N2CC(C)OC(CO)C2)C1. The number of aliphatic hydroxyl groups is 1. The van der Waals surface area contributed by atoms with Crippen LogP contribution in [0.2, 0.25) is 0 Å². The van der Waals surface area contributed by atoms with E-state index in [0.717, 1.165) is 25.7 Å². The number of nitrogens with zero attached hydrogens (tertiary/aromatic N) is 1. The monoisotopic (exact) mass is 270 g/mol. The summed E-state index contributed by atoms with van der Waals surface area (Å²) < 4.78 is 5.57. The molecule has 0 spiro atoms. The summed E-state index contributed by atoms with van der Waals surface area (Å²) in [6.45, 7) is 5.05. The van der Waals surface area contributed by atoms with E-state index in [1.165, 1.54) is 0 Å². The van der Waals surface area contributed by atoms with Crippen molar-refractivity contribution in [3.63, 3.8) is 0 Å². The minimum Gasteiger partial charge on any atom is -0.394 e. The Morgan fingerprint density at radius 3 is 2.84 bits per heavy atom. The van der Waals surface area contributed by atoms with Crippen LogP contribution in [-0.4, -0.2) is 53.4 Å². The lowest BCUT2D eigenvalue weighted by molar-refractivity contribution is -0.154. The molecule has 0 bridgehead atoms. The second kappa shape index (κ2) is 5.77. The molecule has 0 aromatic carbocycles. The van der Waals surface area contributed by atoms with Crippen LogP contribution in [0.15, 0.2) is 0 Å². The number of nitrogens with two attached hydrogens (primary N) is 1. The first-order valence-electron chi connectivity index (χ1n) is 7.29. The van der Waals surface area contributed by atoms with Crippen LogP contribution in [-0.2, 0) is 9.53 Å². The highest BCUT2D eigenvalue weighted by Gasteiger charge is 2.42. The number of amides is 1. The molecule has 110 valence electrons. The second-order valence-corrected chi connectivity index (χ2v) is 6.32. The molecule has 5 nitrogen and oxygen atoms in total. The van der Waals surface area contributed by atoms with Crippen LogP contribution in [0.1, 0.15) is 39.5 Å². The van der Waals surface area contributed by atoms with Gasteiger partial charge in [-0.15, -0.1) is 0 Å². The maximum atomic E-state index is 12.7. The van der Waals surface area contributed by atoms with Crippen LogP contribution >= 0.6 is 0 Å². The summed E-state index contributed by atoms with van der Waals surface area (Å²) in [6.07, 6.45) is 3.39. The van der Waals surface area contributed by atoms with Crippen molar-refractivity contribution in [2.24, 2.45) is 11.7 Å². The van der Waals surface area contributed by atoms with E-state index in [9.17, 15) is 9.90 Å². The van der Waals surface area contributed by atoms with Gasteiger partial charge in [-0.05, 0) is 25.7 Å². The fraction of sp³-hybridized carbons (Fsp3) is 0.929. The van der Waals surface area contributed by atoms with Crippen LogP contribution in [0.3, 0.4) is 0 Å². The first kappa shape index (κ1) is 14.8. The number of rotatable bonds is 2. The van der Waals surface area contributed by atoms with Crippen molar-refractivity contribution in [3.8, 4) is 0 Å². The number of aliphatic hydroxyl groups excluding tert-OH is 1. The molecule has 1 amide bonds. The Hall–Kier alpha value is -0.650. The molecule has 1 saturated carbocycles. The third-order valence-corrected chi connectivity index (χ3v) is 4.28. The zero-order valence-electron chi connectivity index (χ0n) is 12.0. The Kier molecular flexibility index (Phi) is 4.48. The molecule has 2 fully saturated rings. The minimum absolute atomic E-state index is 0.0349. The van der Waals surface area contributed by atoms with Crippen molar-refractivity contribution >= 4 is 5.91 Å². The van der Waals surface area contributed by atoms with Gasteiger partial charge in [-0.2, -0.15) is 0 Å². The van der Waals surface area contributed by atoms with Gasteiger partial charge in [-0.1, -0.05) is 19.8 Å². The summed E-state index contributed by atoms with van der Waals surface area (Å²) >= 11 is 0. The van der Waals surface area contributed by atoms with Crippen LogP contribution in [0, 0.1) is 5.92 Å².